The molecule has 2 N–H and O–H groups in total. The molecular formula is C11H16N2O4S. The molecule has 0 aliphatic carbocycles. The SMILES string of the molecule is CCS(=O)(=O)Nc1ccc(OC(=O)NC)cc1C. The first-order valence-electron chi connectivity index (χ1n) is 5.38. The number of amides is 1. The Balaban J connectivity index is 2.90. The summed E-state index contributed by atoms with van der Waals surface area (Å²) >= 11 is 0. The number of nitrogens with one attached hydrogen (secondary N) is 2. The fourth-order valence-corrected chi connectivity index (χ4v) is 1.92. The van der Waals surface area contributed by atoms with Gasteiger partial charge in [0.25, 0.3) is 0 Å². The first-order valence-corrected chi connectivity index (χ1v) is 7.04. The van der Waals surface area contributed by atoms with Gasteiger partial charge < -0.3 is 10.1 Å². The third-order valence-corrected chi connectivity index (χ3v) is 3.55. The van der Waals surface area contributed by atoms with E-state index in [1.54, 1.807) is 26.0 Å². The van der Waals surface area contributed by atoms with Gasteiger partial charge >= 0.3 is 6.09 Å². The number of ether oxygens (including phenoxy) is 1. The van der Waals surface area contributed by atoms with Gasteiger partial charge in [0.05, 0.1) is 11.4 Å². The van der Waals surface area contributed by atoms with Crippen molar-refractivity contribution in [3.8, 4) is 5.75 Å². The van der Waals surface area contributed by atoms with Crippen molar-refractivity contribution in [3.05, 3.63) is 23.8 Å². The average Bonchev–Trinajstić information content (AvgIpc) is 2.32. The van der Waals surface area contributed by atoms with Gasteiger partial charge in [0.2, 0.25) is 10.0 Å². The highest BCUT2D eigenvalue weighted by molar-refractivity contribution is 7.92. The molecule has 1 rings (SSSR count). The van der Waals surface area contributed by atoms with E-state index in [1.807, 2.05) is 0 Å². The molecule has 0 spiro atoms. The topological polar surface area (TPSA) is 84.5 Å². The molecule has 0 radical (unpaired) electrons. The lowest BCUT2D eigenvalue weighted by Gasteiger charge is -2.10. The summed E-state index contributed by atoms with van der Waals surface area (Å²) in [6.45, 7) is 3.28. The molecule has 0 heterocycles. The van der Waals surface area contributed by atoms with E-state index >= 15 is 0 Å². The van der Waals surface area contributed by atoms with Crippen LogP contribution in [0.2, 0.25) is 0 Å². The molecule has 0 aliphatic rings. The van der Waals surface area contributed by atoms with Crippen molar-refractivity contribution >= 4 is 21.8 Å². The first-order chi connectivity index (χ1) is 8.38. The number of rotatable bonds is 4. The predicted octanol–water partition coefficient (Wildman–Crippen LogP) is 1.47. The fourth-order valence-electron chi connectivity index (χ4n) is 1.21. The van der Waals surface area contributed by atoms with Crippen molar-refractivity contribution in [2.75, 3.05) is 17.5 Å². The summed E-state index contributed by atoms with van der Waals surface area (Å²) in [4.78, 5) is 11.0. The second-order valence-corrected chi connectivity index (χ2v) is 5.63. The molecule has 0 fully saturated rings. The molecular weight excluding hydrogens is 256 g/mol. The van der Waals surface area contributed by atoms with E-state index in [0.29, 0.717) is 17.0 Å². The number of hydrogen-bond donors (Lipinski definition) is 2. The summed E-state index contributed by atoms with van der Waals surface area (Å²) in [6, 6.07) is 4.67. The Kier molecular flexibility index (Phi) is 4.55. The van der Waals surface area contributed by atoms with Crippen LogP contribution in [0, 0.1) is 6.92 Å². The minimum absolute atomic E-state index is 0.00291. The largest absolute Gasteiger partial charge is 0.412 e. The zero-order chi connectivity index (χ0) is 13.8. The molecule has 0 saturated heterocycles. The monoisotopic (exact) mass is 272 g/mol. The standard InChI is InChI=1S/C11H16N2O4S/c1-4-18(15,16)13-10-6-5-9(7-8(10)2)17-11(14)12-3/h5-7,13H,4H2,1-3H3,(H,12,14). The molecule has 0 unspecified atom stereocenters. The summed E-state index contributed by atoms with van der Waals surface area (Å²) in [5.74, 6) is 0.356. The smallest absolute Gasteiger partial charge is 0.410 e. The molecule has 18 heavy (non-hydrogen) atoms. The summed E-state index contributed by atoms with van der Waals surface area (Å²) in [6.07, 6.45) is -0.573. The molecule has 0 atom stereocenters. The number of carbonyl (C=O) groups excluding carboxylic acids is 1. The lowest BCUT2D eigenvalue weighted by atomic mass is 10.2. The number of hydrogen-bond acceptors (Lipinski definition) is 4. The van der Waals surface area contributed by atoms with Gasteiger partial charge in [-0.2, -0.15) is 0 Å². The number of benzene rings is 1. The van der Waals surface area contributed by atoms with Crippen molar-refractivity contribution < 1.29 is 17.9 Å². The third-order valence-electron chi connectivity index (χ3n) is 2.26. The Morgan fingerprint density at radius 1 is 1.39 bits per heavy atom. The second kappa shape index (κ2) is 5.72. The highest BCUT2D eigenvalue weighted by atomic mass is 32.2. The van der Waals surface area contributed by atoms with Gasteiger partial charge in [0.15, 0.2) is 0 Å². The highest BCUT2D eigenvalue weighted by Gasteiger charge is 2.10. The van der Waals surface area contributed by atoms with Gasteiger partial charge in [-0.15, -0.1) is 0 Å². The van der Waals surface area contributed by atoms with Crippen LogP contribution in [0.5, 0.6) is 5.75 Å². The van der Waals surface area contributed by atoms with Crippen molar-refractivity contribution in [2.24, 2.45) is 0 Å². The third kappa shape index (κ3) is 3.92. The molecule has 1 aromatic rings. The van der Waals surface area contributed by atoms with Gasteiger partial charge in [-0.1, -0.05) is 0 Å². The molecule has 0 aromatic heterocycles. The summed E-state index contributed by atoms with van der Waals surface area (Å²) < 4.78 is 30.2. The molecule has 0 saturated carbocycles. The van der Waals surface area contributed by atoms with Crippen LogP contribution in [0.4, 0.5) is 10.5 Å². The van der Waals surface area contributed by atoms with Gasteiger partial charge in [-0.3, -0.25) is 4.72 Å². The van der Waals surface area contributed by atoms with E-state index in [2.05, 4.69) is 10.0 Å². The zero-order valence-electron chi connectivity index (χ0n) is 10.5. The quantitative estimate of drug-likeness (QED) is 0.869. The molecule has 1 amide bonds. The number of sulfonamides is 1. The van der Waals surface area contributed by atoms with Crippen molar-refractivity contribution in [2.45, 2.75) is 13.8 Å². The maximum atomic E-state index is 11.4. The van der Waals surface area contributed by atoms with Crippen LogP contribution in [0.3, 0.4) is 0 Å². The number of carbonyl (C=O) groups is 1. The highest BCUT2D eigenvalue weighted by Crippen LogP contribution is 2.22. The first kappa shape index (κ1) is 14.3. The van der Waals surface area contributed by atoms with Crippen LogP contribution in [0.15, 0.2) is 18.2 Å². The summed E-state index contributed by atoms with van der Waals surface area (Å²) in [5.41, 5.74) is 1.15. The van der Waals surface area contributed by atoms with E-state index in [1.165, 1.54) is 13.1 Å². The summed E-state index contributed by atoms with van der Waals surface area (Å²) in [7, 11) is -1.85. The molecule has 100 valence electrons. The predicted molar refractivity (Wildman–Crippen MR) is 69.3 cm³/mol. The van der Waals surface area contributed by atoms with Crippen LogP contribution in [-0.2, 0) is 10.0 Å². The maximum absolute atomic E-state index is 11.4. The van der Waals surface area contributed by atoms with Crippen LogP contribution in [0.1, 0.15) is 12.5 Å². The molecule has 7 heteroatoms. The Hall–Kier alpha value is -1.76. The van der Waals surface area contributed by atoms with E-state index in [-0.39, 0.29) is 5.75 Å². The Morgan fingerprint density at radius 3 is 2.56 bits per heavy atom. The fraction of sp³-hybridized carbons (Fsp3) is 0.364. The van der Waals surface area contributed by atoms with Gasteiger partial charge in [0, 0.05) is 7.05 Å². The Bertz CT molecular complexity index is 540. The van der Waals surface area contributed by atoms with Gasteiger partial charge in [0.1, 0.15) is 5.75 Å². The molecule has 6 nitrogen and oxygen atoms in total. The summed E-state index contributed by atoms with van der Waals surface area (Å²) in [5, 5.41) is 2.32. The van der Waals surface area contributed by atoms with Crippen LogP contribution >= 0.6 is 0 Å². The normalized spacial score (nSPS) is 10.8. The Morgan fingerprint density at radius 2 is 2.06 bits per heavy atom. The lowest BCUT2D eigenvalue weighted by Crippen LogP contribution is -2.22. The second-order valence-electron chi connectivity index (χ2n) is 3.62. The lowest BCUT2D eigenvalue weighted by molar-refractivity contribution is 0.203. The number of aryl methyl sites for hydroxylation is 1. The van der Waals surface area contributed by atoms with Crippen molar-refractivity contribution in [3.63, 3.8) is 0 Å². The molecule has 0 aliphatic heterocycles. The minimum atomic E-state index is -3.31. The maximum Gasteiger partial charge on any atom is 0.412 e. The van der Waals surface area contributed by atoms with E-state index in [9.17, 15) is 13.2 Å². The van der Waals surface area contributed by atoms with Crippen LogP contribution in [0.25, 0.3) is 0 Å². The van der Waals surface area contributed by atoms with E-state index in [4.69, 9.17) is 4.74 Å². The van der Waals surface area contributed by atoms with E-state index < -0.39 is 16.1 Å². The Labute approximate surface area is 106 Å². The zero-order valence-corrected chi connectivity index (χ0v) is 11.3. The van der Waals surface area contributed by atoms with Crippen LogP contribution in [-0.4, -0.2) is 27.3 Å². The van der Waals surface area contributed by atoms with Crippen LogP contribution < -0.4 is 14.8 Å². The molecule has 1 aromatic carbocycles. The average molecular weight is 272 g/mol. The van der Waals surface area contributed by atoms with E-state index in [0.717, 1.165) is 0 Å². The molecule has 0 bridgehead atoms. The van der Waals surface area contributed by atoms with Crippen molar-refractivity contribution in [1.29, 1.82) is 0 Å². The minimum Gasteiger partial charge on any atom is -0.410 e. The van der Waals surface area contributed by atoms with Crippen molar-refractivity contribution in [1.82, 2.24) is 5.32 Å². The van der Waals surface area contributed by atoms with Gasteiger partial charge in [-0.05, 0) is 37.6 Å². The van der Waals surface area contributed by atoms with Gasteiger partial charge in [-0.25, -0.2) is 13.2 Å². The number of anilines is 1.